The Kier molecular flexibility index (Phi) is 6.56. The van der Waals surface area contributed by atoms with E-state index in [4.69, 9.17) is 0 Å². The van der Waals surface area contributed by atoms with E-state index < -0.39 is 0 Å². The van der Waals surface area contributed by atoms with Gasteiger partial charge in [-0.2, -0.15) is 0 Å². The van der Waals surface area contributed by atoms with Gasteiger partial charge >= 0.3 is 0 Å². The van der Waals surface area contributed by atoms with Gasteiger partial charge in [0.25, 0.3) is 0 Å². The first-order valence-corrected chi connectivity index (χ1v) is 14.5. The molecule has 3 saturated carbocycles. The number of aromatic nitrogens is 1. The second-order valence-corrected chi connectivity index (χ2v) is 13.5. The van der Waals surface area contributed by atoms with Gasteiger partial charge in [0.05, 0.1) is 0 Å². The summed E-state index contributed by atoms with van der Waals surface area (Å²) < 4.78 is 2.48. The topological polar surface area (TPSA) is 3.88 Å². The van der Waals surface area contributed by atoms with Crippen LogP contribution in [0.2, 0.25) is 0 Å². The number of hydrogen-bond acceptors (Lipinski definition) is 0. The van der Waals surface area contributed by atoms with Gasteiger partial charge < -0.3 is 0 Å². The maximum Gasteiger partial charge on any atom is 0.169 e. The lowest BCUT2D eigenvalue weighted by atomic mass is 9.47. The van der Waals surface area contributed by atoms with Crippen molar-refractivity contribution in [1.29, 1.82) is 0 Å². The number of nitrogens with zero attached hydrogens (tertiary/aromatic N) is 1. The molecule has 3 fully saturated rings. The van der Waals surface area contributed by atoms with Crippen LogP contribution in [0, 0.1) is 46.3 Å². The molecule has 1 aromatic heterocycles. The van der Waals surface area contributed by atoms with Crippen molar-refractivity contribution >= 4 is 0 Å². The van der Waals surface area contributed by atoms with Crippen LogP contribution in [0.5, 0.6) is 0 Å². The molecule has 0 amide bonds. The van der Waals surface area contributed by atoms with Crippen molar-refractivity contribution in [3.05, 3.63) is 42.2 Å². The second kappa shape index (κ2) is 9.16. The van der Waals surface area contributed by atoms with Crippen LogP contribution in [0.3, 0.4) is 0 Å². The molecular formula is C32H50N+. The van der Waals surface area contributed by atoms with Gasteiger partial charge in [0.1, 0.15) is 0 Å². The molecule has 8 atom stereocenters. The Bertz CT molecular complexity index is 839. The molecule has 4 aliphatic rings. The van der Waals surface area contributed by atoms with Crippen molar-refractivity contribution in [2.75, 3.05) is 0 Å². The average Bonchev–Trinajstić information content (AvgIpc) is 3.16. The Labute approximate surface area is 204 Å². The summed E-state index contributed by atoms with van der Waals surface area (Å²) in [7, 11) is 0. The molecular weight excluding hydrogens is 398 g/mol. The van der Waals surface area contributed by atoms with Gasteiger partial charge in [0, 0.05) is 25.0 Å². The summed E-state index contributed by atoms with van der Waals surface area (Å²) in [4.78, 5) is 0. The Balaban J connectivity index is 1.31. The minimum absolute atomic E-state index is 0.469. The van der Waals surface area contributed by atoms with E-state index in [0.29, 0.717) is 16.9 Å². The first-order valence-electron chi connectivity index (χ1n) is 14.5. The van der Waals surface area contributed by atoms with Crippen molar-refractivity contribution < 1.29 is 4.57 Å². The summed E-state index contributed by atoms with van der Waals surface area (Å²) in [5.74, 6) is 5.61. The molecule has 1 heteroatoms. The van der Waals surface area contributed by atoms with E-state index in [-0.39, 0.29) is 0 Å². The lowest BCUT2D eigenvalue weighted by Crippen LogP contribution is -2.52. The molecule has 182 valence electrons. The summed E-state index contributed by atoms with van der Waals surface area (Å²) in [5, 5.41) is 0. The Morgan fingerprint density at radius 1 is 0.909 bits per heavy atom. The van der Waals surface area contributed by atoms with Crippen molar-refractivity contribution in [1.82, 2.24) is 0 Å². The first kappa shape index (κ1) is 23.6. The van der Waals surface area contributed by atoms with Crippen LogP contribution in [-0.4, -0.2) is 0 Å². The SMILES string of the molecule is CC(C)CCC[C@@H](C)[C@H]1CC[C@H]2[C@@H]3CC=C4C[C@@H]([n+]5ccccc5)CC[C@]4(C)[C@H]3CC[C@]12C. The normalized spacial score (nSPS) is 41.2. The molecule has 5 rings (SSSR count). The molecule has 0 aliphatic heterocycles. The Hall–Kier alpha value is -1.11. The predicted molar refractivity (Wildman–Crippen MR) is 139 cm³/mol. The van der Waals surface area contributed by atoms with E-state index in [9.17, 15) is 0 Å². The van der Waals surface area contributed by atoms with Gasteiger partial charge in [-0.05, 0) is 84.9 Å². The van der Waals surface area contributed by atoms with E-state index in [0.717, 1.165) is 35.5 Å². The Morgan fingerprint density at radius 3 is 2.45 bits per heavy atom. The largest absolute Gasteiger partial charge is 0.202 e. The molecule has 0 radical (unpaired) electrons. The second-order valence-electron chi connectivity index (χ2n) is 13.5. The number of hydrogen-bond donors (Lipinski definition) is 0. The minimum atomic E-state index is 0.469. The number of rotatable bonds is 6. The van der Waals surface area contributed by atoms with Crippen LogP contribution in [0.25, 0.3) is 0 Å². The van der Waals surface area contributed by atoms with Crippen LogP contribution in [0.15, 0.2) is 42.2 Å². The lowest BCUT2D eigenvalue weighted by molar-refractivity contribution is -0.725. The molecule has 0 N–H and O–H groups in total. The Morgan fingerprint density at radius 2 is 1.70 bits per heavy atom. The molecule has 0 saturated heterocycles. The summed E-state index contributed by atoms with van der Waals surface area (Å²) in [6.07, 6.45) is 23.0. The molecule has 0 spiro atoms. The van der Waals surface area contributed by atoms with E-state index in [2.05, 4.69) is 75.9 Å². The smallest absolute Gasteiger partial charge is 0.169 e. The van der Waals surface area contributed by atoms with E-state index in [1.807, 2.05) is 5.57 Å². The zero-order valence-electron chi connectivity index (χ0n) is 22.2. The van der Waals surface area contributed by atoms with Gasteiger partial charge in [-0.1, -0.05) is 71.6 Å². The zero-order chi connectivity index (χ0) is 23.2. The summed E-state index contributed by atoms with van der Waals surface area (Å²) in [6, 6.07) is 7.20. The molecule has 1 aromatic rings. The fourth-order valence-corrected chi connectivity index (χ4v) is 9.58. The average molecular weight is 449 g/mol. The quantitative estimate of drug-likeness (QED) is 0.303. The third-order valence-corrected chi connectivity index (χ3v) is 11.4. The van der Waals surface area contributed by atoms with Crippen LogP contribution in [-0.2, 0) is 0 Å². The van der Waals surface area contributed by atoms with Crippen molar-refractivity contribution in [3.63, 3.8) is 0 Å². The molecule has 1 nitrogen and oxygen atoms in total. The van der Waals surface area contributed by atoms with Gasteiger partial charge in [0.2, 0.25) is 0 Å². The highest BCUT2D eigenvalue weighted by atomic mass is 15.0. The summed E-state index contributed by atoms with van der Waals surface area (Å²) in [5.41, 5.74) is 2.89. The highest BCUT2D eigenvalue weighted by Crippen LogP contribution is 2.67. The van der Waals surface area contributed by atoms with Crippen LogP contribution in [0.4, 0.5) is 0 Å². The maximum absolute atomic E-state index is 2.75. The molecule has 4 aliphatic carbocycles. The molecule has 0 aromatic carbocycles. The fourth-order valence-electron chi connectivity index (χ4n) is 9.58. The van der Waals surface area contributed by atoms with Crippen LogP contribution < -0.4 is 4.57 Å². The van der Waals surface area contributed by atoms with E-state index >= 15 is 0 Å². The molecule has 33 heavy (non-hydrogen) atoms. The predicted octanol–water partition coefficient (Wildman–Crippen LogP) is 8.56. The highest BCUT2D eigenvalue weighted by Gasteiger charge is 2.59. The maximum atomic E-state index is 2.75. The number of pyridine rings is 1. The summed E-state index contributed by atoms with van der Waals surface area (Å²) >= 11 is 0. The number of fused-ring (bicyclic) bond motifs is 5. The summed E-state index contributed by atoms with van der Waals surface area (Å²) in [6.45, 7) is 12.8. The molecule has 1 heterocycles. The fraction of sp³-hybridized carbons (Fsp3) is 0.781. The van der Waals surface area contributed by atoms with Gasteiger partial charge in [0.15, 0.2) is 18.4 Å². The third kappa shape index (κ3) is 4.14. The first-order chi connectivity index (χ1) is 15.8. The standard InChI is InChI=1S/C32H50N/c1-23(2)10-9-11-24(3)28-14-15-29-27-13-12-25-22-26(33-20-7-6-8-21-33)16-18-31(25,4)30(27)17-19-32(28,29)5/h6-8,12,20-21,23-24,26-30H,9-11,13-19,22H2,1-5H3/q+1/t24-,26+,27+,28-,29+,30+,31+,32-/m1/s1. The van der Waals surface area contributed by atoms with Crippen molar-refractivity contribution in [3.8, 4) is 0 Å². The highest BCUT2D eigenvalue weighted by molar-refractivity contribution is 5.25. The van der Waals surface area contributed by atoms with Crippen molar-refractivity contribution in [2.24, 2.45) is 46.3 Å². The van der Waals surface area contributed by atoms with E-state index in [1.165, 1.54) is 70.6 Å². The molecule has 0 bridgehead atoms. The van der Waals surface area contributed by atoms with Crippen molar-refractivity contribution in [2.45, 2.75) is 111 Å². The zero-order valence-corrected chi connectivity index (χ0v) is 22.2. The van der Waals surface area contributed by atoms with Crippen LogP contribution >= 0.6 is 0 Å². The van der Waals surface area contributed by atoms with E-state index in [1.54, 1.807) is 0 Å². The van der Waals surface area contributed by atoms with Gasteiger partial charge in [-0.15, -0.1) is 0 Å². The number of allylic oxidation sites excluding steroid dienone is 2. The van der Waals surface area contributed by atoms with Gasteiger partial charge in [-0.25, -0.2) is 4.57 Å². The monoisotopic (exact) mass is 448 g/mol. The lowest BCUT2D eigenvalue weighted by Gasteiger charge is -2.58. The molecule has 0 unspecified atom stereocenters. The minimum Gasteiger partial charge on any atom is -0.202 e. The van der Waals surface area contributed by atoms with Gasteiger partial charge in [-0.3, -0.25) is 0 Å². The third-order valence-electron chi connectivity index (χ3n) is 11.4. The van der Waals surface area contributed by atoms with Crippen LogP contribution in [0.1, 0.15) is 111 Å².